The van der Waals surface area contributed by atoms with E-state index in [-0.39, 0.29) is 17.9 Å². The number of halogens is 1. The quantitative estimate of drug-likeness (QED) is 0.344. The number of aromatic nitrogens is 4. The van der Waals surface area contributed by atoms with Gasteiger partial charge in [0.05, 0.1) is 24.1 Å². The van der Waals surface area contributed by atoms with Crippen molar-refractivity contribution in [2.24, 2.45) is 0 Å². The lowest BCUT2D eigenvalue weighted by atomic mass is 9.91. The van der Waals surface area contributed by atoms with Gasteiger partial charge >= 0.3 is 0 Å². The van der Waals surface area contributed by atoms with Crippen molar-refractivity contribution in [2.45, 2.75) is 30.8 Å². The minimum Gasteiger partial charge on any atom is -0.497 e. The van der Waals surface area contributed by atoms with Crippen LogP contribution in [0.15, 0.2) is 42.7 Å². The summed E-state index contributed by atoms with van der Waals surface area (Å²) in [7, 11) is 1.65. The highest BCUT2D eigenvalue weighted by Gasteiger charge is 2.67. The molecule has 11 heteroatoms. The Bertz CT molecular complexity index is 1600. The van der Waals surface area contributed by atoms with Gasteiger partial charge in [-0.15, -0.1) is 0 Å². The van der Waals surface area contributed by atoms with Crippen molar-refractivity contribution in [3.05, 3.63) is 58.9 Å². The van der Waals surface area contributed by atoms with E-state index in [1.807, 2.05) is 41.0 Å². The van der Waals surface area contributed by atoms with Gasteiger partial charge in [-0.1, -0.05) is 17.7 Å². The summed E-state index contributed by atoms with van der Waals surface area (Å²) in [5, 5.41) is 21.7. The molecule has 1 saturated heterocycles. The van der Waals surface area contributed by atoms with Crippen molar-refractivity contribution in [2.75, 3.05) is 41.9 Å². The standard InChI is InChI=1S/C27H26ClN7O3/c1-3-35-21-7-5-16(38-2)9-18(21)27(26(35)37)10-19(27)14-4-6-17-20(8-14)32-33-23(17)31-24-22(28)25(30-13-29-24)34-11-15(36)12-34/h4-9,13,15,19,36H,3,10-12H2,1-2H3,(H2,29,30,31,32,33)/t19-,27-/m0/s1. The molecule has 4 heterocycles. The van der Waals surface area contributed by atoms with Crippen molar-refractivity contribution in [3.63, 3.8) is 0 Å². The van der Waals surface area contributed by atoms with Gasteiger partial charge in [0.1, 0.15) is 17.1 Å². The van der Waals surface area contributed by atoms with Crippen molar-refractivity contribution in [1.29, 1.82) is 0 Å². The highest BCUT2D eigenvalue weighted by atomic mass is 35.5. The molecule has 0 unspecified atom stereocenters. The van der Waals surface area contributed by atoms with Gasteiger partial charge in [0.2, 0.25) is 5.91 Å². The lowest BCUT2D eigenvalue weighted by Gasteiger charge is -2.37. The smallest absolute Gasteiger partial charge is 0.238 e. The van der Waals surface area contributed by atoms with Crippen LogP contribution in [0.4, 0.5) is 23.1 Å². The van der Waals surface area contributed by atoms with E-state index < -0.39 is 5.41 Å². The van der Waals surface area contributed by atoms with Gasteiger partial charge in [-0.3, -0.25) is 9.89 Å². The van der Waals surface area contributed by atoms with Gasteiger partial charge in [-0.2, -0.15) is 5.10 Å². The number of nitrogens with one attached hydrogen (secondary N) is 2. The molecule has 2 aliphatic heterocycles. The number of nitrogens with zero attached hydrogens (tertiary/aromatic N) is 5. The van der Waals surface area contributed by atoms with Gasteiger partial charge in [-0.25, -0.2) is 9.97 Å². The van der Waals surface area contributed by atoms with Crippen LogP contribution in [-0.2, 0) is 10.2 Å². The van der Waals surface area contributed by atoms with Crippen LogP contribution in [-0.4, -0.2) is 64.0 Å². The Hall–Kier alpha value is -3.89. The Labute approximate surface area is 223 Å². The molecule has 4 aromatic rings. The average molecular weight is 532 g/mol. The summed E-state index contributed by atoms with van der Waals surface area (Å²) in [6.45, 7) is 3.62. The van der Waals surface area contributed by atoms with Gasteiger partial charge in [0, 0.05) is 36.6 Å². The number of H-pyrrole nitrogens is 1. The summed E-state index contributed by atoms with van der Waals surface area (Å²) in [5.74, 6) is 2.61. The summed E-state index contributed by atoms with van der Waals surface area (Å²) in [4.78, 5) is 25.9. The minimum absolute atomic E-state index is 0.0762. The van der Waals surface area contributed by atoms with Crippen LogP contribution in [0.1, 0.15) is 30.4 Å². The number of hydrogen-bond acceptors (Lipinski definition) is 8. The molecule has 1 saturated carbocycles. The second-order valence-corrected chi connectivity index (χ2v) is 10.5. The molecule has 2 aromatic carbocycles. The van der Waals surface area contributed by atoms with Gasteiger partial charge in [0.25, 0.3) is 0 Å². The molecule has 10 nitrogen and oxygen atoms in total. The number of methoxy groups -OCH3 is 1. The monoisotopic (exact) mass is 531 g/mol. The van der Waals surface area contributed by atoms with Crippen LogP contribution in [0.2, 0.25) is 5.02 Å². The zero-order chi connectivity index (χ0) is 26.2. The zero-order valence-electron chi connectivity index (χ0n) is 20.9. The Morgan fingerprint density at radius 1 is 1.21 bits per heavy atom. The summed E-state index contributed by atoms with van der Waals surface area (Å²) in [6.07, 6.45) is 1.84. The number of amides is 1. The van der Waals surface area contributed by atoms with E-state index >= 15 is 0 Å². The predicted octanol–water partition coefficient (Wildman–Crippen LogP) is 3.73. The molecule has 1 amide bonds. The van der Waals surface area contributed by atoms with E-state index in [1.54, 1.807) is 7.11 Å². The van der Waals surface area contributed by atoms with Crippen molar-refractivity contribution in [3.8, 4) is 5.75 Å². The van der Waals surface area contributed by atoms with Crippen LogP contribution >= 0.6 is 11.6 Å². The third-order valence-corrected chi connectivity index (χ3v) is 8.39. The van der Waals surface area contributed by atoms with E-state index in [0.29, 0.717) is 42.1 Å². The molecule has 3 aliphatic rings. The fourth-order valence-electron chi connectivity index (χ4n) is 5.97. The van der Waals surface area contributed by atoms with E-state index in [1.165, 1.54) is 6.33 Å². The maximum absolute atomic E-state index is 13.6. The Morgan fingerprint density at radius 2 is 2.05 bits per heavy atom. The number of β-amino-alcohol motifs (C(OH)–C–C–N with tert-alkyl or cyclic N) is 1. The first kappa shape index (κ1) is 23.2. The van der Waals surface area contributed by atoms with Crippen molar-refractivity contribution in [1.82, 2.24) is 20.2 Å². The van der Waals surface area contributed by atoms with Crippen molar-refractivity contribution >= 4 is 51.6 Å². The number of carbonyl (C=O) groups excluding carboxylic acids is 1. The number of aliphatic hydroxyl groups is 1. The molecule has 2 fully saturated rings. The van der Waals surface area contributed by atoms with Crippen LogP contribution < -0.4 is 19.9 Å². The molecular formula is C27H26ClN7O3. The van der Waals surface area contributed by atoms with E-state index in [2.05, 4.69) is 37.6 Å². The minimum atomic E-state index is -0.552. The number of fused-ring (bicyclic) bond motifs is 3. The Morgan fingerprint density at radius 3 is 2.82 bits per heavy atom. The number of aromatic amines is 1. The summed E-state index contributed by atoms with van der Waals surface area (Å²) in [6, 6.07) is 12.1. The normalized spacial score (nSPS) is 22.2. The number of benzene rings is 2. The van der Waals surface area contributed by atoms with Crippen LogP contribution in [0.25, 0.3) is 10.9 Å². The van der Waals surface area contributed by atoms with Crippen LogP contribution in [0.3, 0.4) is 0 Å². The lowest BCUT2D eigenvalue weighted by molar-refractivity contribution is -0.120. The SMILES string of the molecule is CCN1C(=O)[C@@]2(C[C@H]2c2ccc3c(Nc4ncnc(N5CC(O)C5)c4Cl)n[nH]c3c2)c2cc(OC)ccc21. The van der Waals surface area contributed by atoms with Gasteiger partial charge < -0.3 is 25.0 Å². The second kappa shape index (κ2) is 8.31. The predicted molar refractivity (Wildman–Crippen MR) is 145 cm³/mol. The molecule has 38 heavy (non-hydrogen) atoms. The number of likely N-dealkylation sites (N-methyl/N-ethyl adjacent to an activating group) is 1. The highest BCUT2D eigenvalue weighted by molar-refractivity contribution is 6.35. The highest BCUT2D eigenvalue weighted by Crippen LogP contribution is 2.66. The molecule has 194 valence electrons. The Kier molecular flexibility index (Phi) is 5.08. The molecule has 2 aromatic heterocycles. The molecule has 0 bridgehead atoms. The third-order valence-electron chi connectivity index (χ3n) is 8.04. The summed E-state index contributed by atoms with van der Waals surface area (Å²) in [5.41, 5.74) is 3.41. The Balaban J connectivity index is 1.18. The average Bonchev–Trinajstić information content (AvgIpc) is 3.48. The lowest BCUT2D eigenvalue weighted by Crippen LogP contribution is -2.51. The number of aliphatic hydroxyl groups excluding tert-OH is 1. The molecule has 0 radical (unpaired) electrons. The maximum atomic E-state index is 13.6. The summed E-state index contributed by atoms with van der Waals surface area (Å²) < 4.78 is 5.48. The van der Waals surface area contributed by atoms with E-state index in [4.69, 9.17) is 16.3 Å². The first-order valence-electron chi connectivity index (χ1n) is 12.6. The molecule has 2 atom stereocenters. The first-order chi connectivity index (χ1) is 18.4. The van der Waals surface area contributed by atoms with Crippen molar-refractivity contribution < 1.29 is 14.6 Å². The molecule has 1 spiro atoms. The fourth-order valence-corrected chi connectivity index (χ4v) is 6.24. The molecule has 7 rings (SSSR count). The molecule has 3 N–H and O–H groups in total. The van der Waals surface area contributed by atoms with Gasteiger partial charge in [0.15, 0.2) is 17.5 Å². The zero-order valence-corrected chi connectivity index (χ0v) is 21.7. The number of carbonyl (C=O) groups is 1. The van der Waals surface area contributed by atoms with E-state index in [9.17, 15) is 9.90 Å². The maximum Gasteiger partial charge on any atom is 0.238 e. The second-order valence-electron chi connectivity index (χ2n) is 10.1. The number of anilines is 4. The topological polar surface area (TPSA) is 120 Å². The molecular weight excluding hydrogens is 506 g/mol. The van der Waals surface area contributed by atoms with E-state index in [0.717, 1.165) is 39.9 Å². The van der Waals surface area contributed by atoms with Gasteiger partial charge in [-0.05, 0) is 54.8 Å². The summed E-state index contributed by atoms with van der Waals surface area (Å²) >= 11 is 6.58. The number of ether oxygens (including phenoxy) is 1. The molecule has 1 aliphatic carbocycles. The van der Waals surface area contributed by atoms with Crippen LogP contribution in [0, 0.1) is 0 Å². The third kappa shape index (κ3) is 3.23. The first-order valence-corrected chi connectivity index (χ1v) is 13.0. The van der Waals surface area contributed by atoms with Crippen LogP contribution in [0.5, 0.6) is 5.75 Å². The number of hydrogen-bond donors (Lipinski definition) is 3. The largest absolute Gasteiger partial charge is 0.497 e. The fraction of sp³-hybridized carbons (Fsp3) is 0.333. The number of rotatable bonds is 6.